The van der Waals surface area contributed by atoms with Gasteiger partial charge < -0.3 is 15.4 Å². The fourth-order valence-corrected chi connectivity index (χ4v) is 2.54. The molecule has 0 unspecified atom stereocenters. The van der Waals surface area contributed by atoms with Gasteiger partial charge in [-0.2, -0.15) is 0 Å². The van der Waals surface area contributed by atoms with Gasteiger partial charge in [-0.15, -0.1) is 0 Å². The number of rotatable bonds is 10. The van der Waals surface area contributed by atoms with Crippen molar-refractivity contribution < 1.29 is 18.7 Å². The molecule has 0 spiro atoms. The maximum absolute atomic E-state index is 12.9. The summed E-state index contributed by atoms with van der Waals surface area (Å²) in [6, 6.07) is 13.4. The molecule has 0 fully saturated rings. The summed E-state index contributed by atoms with van der Waals surface area (Å²) in [6.45, 7) is 3.45. The first-order chi connectivity index (χ1) is 13.5. The van der Waals surface area contributed by atoms with Crippen molar-refractivity contribution in [1.82, 2.24) is 15.5 Å². The van der Waals surface area contributed by atoms with Crippen LogP contribution in [0.2, 0.25) is 0 Å². The number of nitrogens with one attached hydrogen (secondary N) is 2. The number of nitrogens with zero attached hydrogens (tertiary/aromatic N) is 1. The molecule has 0 saturated heterocycles. The van der Waals surface area contributed by atoms with Gasteiger partial charge in [0.25, 0.3) is 0 Å². The van der Waals surface area contributed by atoms with Crippen molar-refractivity contribution in [3.63, 3.8) is 0 Å². The molecule has 2 rings (SSSR count). The van der Waals surface area contributed by atoms with Gasteiger partial charge in [0.1, 0.15) is 11.6 Å². The standard InChI is InChI=1S/C21H26FN3O3/c1-3-25(14-20(26)23-12-16-4-8-18(22)9-5-16)15-21(27)24-13-17-6-10-19(28-2)11-7-17/h4-11H,3,12-15H2,1-2H3,(H,23,26)(H,24,27). The van der Waals surface area contributed by atoms with Crippen molar-refractivity contribution in [3.8, 4) is 5.75 Å². The molecule has 0 aliphatic heterocycles. The monoisotopic (exact) mass is 387 g/mol. The molecule has 0 aliphatic rings. The topological polar surface area (TPSA) is 70.7 Å². The molecule has 0 atom stereocenters. The van der Waals surface area contributed by atoms with Crippen molar-refractivity contribution >= 4 is 11.8 Å². The summed E-state index contributed by atoms with van der Waals surface area (Å²) in [7, 11) is 1.60. The predicted octanol–water partition coefficient (Wildman–Crippen LogP) is 2.09. The summed E-state index contributed by atoms with van der Waals surface area (Å²) in [6.07, 6.45) is 0. The molecule has 28 heavy (non-hydrogen) atoms. The average molecular weight is 387 g/mol. The van der Waals surface area contributed by atoms with Gasteiger partial charge in [0, 0.05) is 13.1 Å². The first-order valence-electron chi connectivity index (χ1n) is 9.13. The summed E-state index contributed by atoms with van der Waals surface area (Å²) in [5.74, 6) is 0.116. The minimum atomic E-state index is -0.312. The zero-order chi connectivity index (χ0) is 20.4. The lowest BCUT2D eigenvalue weighted by Gasteiger charge is -2.19. The zero-order valence-electron chi connectivity index (χ0n) is 16.2. The van der Waals surface area contributed by atoms with Crippen molar-refractivity contribution in [1.29, 1.82) is 0 Å². The highest BCUT2D eigenvalue weighted by atomic mass is 19.1. The molecule has 0 aromatic heterocycles. The molecule has 0 radical (unpaired) electrons. The van der Waals surface area contributed by atoms with E-state index in [1.165, 1.54) is 12.1 Å². The van der Waals surface area contributed by atoms with Crippen LogP contribution in [0, 0.1) is 5.82 Å². The SMILES string of the molecule is CCN(CC(=O)NCc1ccc(F)cc1)CC(=O)NCc1ccc(OC)cc1. The second kappa shape index (κ2) is 11.0. The van der Waals surface area contributed by atoms with E-state index in [-0.39, 0.29) is 30.7 Å². The third-order valence-electron chi connectivity index (χ3n) is 4.23. The molecule has 0 bridgehead atoms. The van der Waals surface area contributed by atoms with Crippen LogP contribution in [0.4, 0.5) is 4.39 Å². The first kappa shape index (κ1) is 21.4. The van der Waals surface area contributed by atoms with Gasteiger partial charge in [0.2, 0.25) is 11.8 Å². The first-order valence-corrected chi connectivity index (χ1v) is 9.13. The minimum absolute atomic E-state index is 0.119. The van der Waals surface area contributed by atoms with Gasteiger partial charge in [-0.25, -0.2) is 4.39 Å². The molecule has 0 heterocycles. The number of hydrogen-bond donors (Lipinski definition) is 2. The lowest BCUT2D eigenvalue weighted by Crippen LogP contribution is -2.42. The second-order valence-electron chi connectivity index (χ2n) is 6.33. The Morgan fingerprint density at radius 1 is 0.893 bits per heavy atom. The van der Waals surface area contributed by atoms with Crippen molar-refractivity contribution in [2.24, 2.45) is 0 Å². The lowest BCUT2D eigenvalue weighted by molar-refractivity contribution is -0.125. The zero-order valence-corrected chi connectivity index (χ0v) is 16.2. The van der Waals surface area contributed by atoms with Crippen molar-refractivity contribution in [2.75, 3.05) is 26.7 Å². The fourth-order valence-electron chi connectivity index (χ4n) is 2.54. The van der Waals surface area contributed by atoms with Crippen LogP contribution >= 0.6 is 0 Å². The fraction of sp³-hybridized carbons (Fsp3) is 0.333. The van der Waals surface area contributed by atoms with Crippen molar-refractivity contribution in [2.45, 2.75) is 20.0 Å². The van der Waals surface area contributed by atoms with Gasteiger partial charge in [-0.3, -0.25) is 14.5 Å². The highest BCUT2D eigenvalue weighted by Gasteiger charge is 2.13. The number of carbonyl (C=O) groups excluding carboxylic acids is 2. The quantitative estimate of drug-likeness (QED) is 0.655. The van der Waals surface area contributed by atoms with Crippen LogP contribution in [0.1, 0.15) is 18.1 Å². The number of benzene rings is 2. The third kappa shape index (κ3) is 7.36. The Morgan fingerprint density at radius 3 is 1.79 bits per heavy atom. The number of likely N-dealkylation sites (N-methyl/N-ethyl adjacent to an activating group) is 1. The molecule has 2 N–H and O–H groups in total. The Balaban J connectivity index is 1.72. The second-order valence-corrected chi connectivity index (χ2v) is 6.33. The van der Waals surface area contributed by atoms with Crippen LogP contribution in [0.15, 0.2) is 48.5 Å². The molecule has 2 aromatic carbocycles. The van der Waals surface area contributed by atoms with Crippen LogP contribution in [-0.4, -0.2) is 43.5 Å². The molecule has 150 valence electrons. The highest BCUT2D eigenvalue weighted by Crippen LogP contribution is 2.10. The molecule has 0 saturated carbocycles. The molecular formula is C21H26FN3O3. The summed E-state index contributed by atoms with van der Waals surface area (Å²) < 4.78 is 18.0. The molecule has 2 amide bonds. The Labute approximate surface area is 164 Å². The van der Waals surface area contributed by atoms with Gasteiger partial charge in [0.05, 0.1) is 20.2 Å². The summed E-state index contributed by atoms with van der Waals surface area (Å²) >= 11 is 0. The molecule has 6 nitrogen and oxygen atoms in total. The number of carbonyl (C=O) groups is 2. The Kier molecular flexibility index (Phi) is 8.42. The van der Waals surface area contributed by atoms with E-state index in [0.29, 0.717) is 19.6 Å². The number of halogens is 1. The van der Waals surface area contributed by atoms with Crippen LogP contribution in [0.25, 0.3) is 0 Å². The van der Waals surface area contributed by atoms with Crippen LogP contribution in [0.3, 0.4) is 0 Å². The maximum Gasteiger partial charge on any atom is 0.234 e. The molecule has 0 aliphatic carbocycles. The highest BCUT2D eigenvalue weighted by molar-refractivity contribution is 5.81. The van der Waals surface area contributed by atoms with E-state index < -0.39 is 0 Å². The van der Waals surface area contributed by atoms with Crippen LogP contribution < -0.4 is 15.4 Å². The average Bonchev–Trinajstić information content (AvgIpc) is 2.71. The Bertz CT molecular complexity index is 763. The minimum Gasteiger partial charge on any atom is -0.497 e. The van der Waals surface area contributed by atoms with E-state index in [0.717, 1.165) is 16.9 Å². The number of methoxy groups -OCH3 is 1. The summed E-state index contributed by atoms with van der Waals surface area (Å²) in [5.41, 5.74) is 1.78. The van der Waals surface area contributed by atoms with Gasteiger partial charge in [-0.05, 0) is 41.9 Å². The smallest absolute Gasteiger partial charge is 0.234 e. The molecule has 7 heteroatoms. The Morgan fingerprint density at radius 2 is 1.36 bits per heavy atom. The number of amides is 2. The third-order valence-corrected chi connectivity index (χ3v) is 4.23. The van der Waals surface area contributed by atoms with Crippen LogP contribution in [0.5, 0.6) is 5.75 Å². The van der Waals surface area contributed by atoms with Gasteiger partial charge in [0.15, 0.2) is 0 Å². The van der Waals surface area contributed by atoms with E-state index in [2.05, 4.69) is 10.6 Å². The van der Waals surface area contributed by atoms with Crippen LogP contribution in [-0.2, 0) is 22.7 Å². The van der Waals surface area contributed by atoms with E-state index >= 15 is 0 Å². The molecular weight excluding hydrogens is 361 g/mol. The van der Waals surface area contributed by atoms with E-state index in [9.17, 15) is 14.0 Å². The van der Waals surface area contributed by atoms with Gasteiger partial charge >= 0.3 is 0 Å². The summed E-state index contributed by atoms with van der Waals surface area (Å²) in [4.78, 5) is 26.0. The number of hydrogen-bond acceptors (Lipinski definition) is 4. The normalized spacial score (nSPS) is 10.6. The Hall–Kier alpha value is -2.93. The maximum atomic E-state index is 12.9. The number of ether oxygens (including phenoxy) is 1. The predicted molar refractivity (Wildman–Crippen MR) is 105 cm³/mol. The molecule has 2 aromatic rings. The largest absolute Gasteiger partial charge is 0.497 e. The van der Waals surface area contributed by atoms with E-state index in [1.54, 1.807) is 24.1 Å². The summed E-state index contributed by atoms with van der Waals surface area (Å²) in [5, 5.41) is 5.63. The van der Waals surface area contributed by atoms with Gasteiger partial charge in [-0.1, -0.05) is 31.2 Å². The van der Waals surface area contributed by atoms with E-state index in [1.807, 2.05) is 31.2 Å². The van der Waals surface area contributed by atoms with E-state index in [4.69, 9.17) is 4.74 Å². The lowest BCUT2D eigenvalue weighted by atomic mass is 10.2. The van der Waals surface area contributed by atoms with Crippen molar-refractivity contribution in [3.05, 3.63) is 65.5 Å².